The summed E-state index contributed by atoms with van der Waals surface area (Å²) >= 11 is 0. The highest BCUT2D eigenvalue weighted by atomic mass is 16.2. The van der Waals surface area contributed by atoms with Crippen molar-refractivity contribution in [3.8, 4) is 0 Å². The second kappa shape index (κ2) is 9.91. The Bertz CT molecular complexity index is 1020. The first-order valence-electron chi connectivity index (χ1n) is 10.2. The van der Waals surface area contributed by atoms with Crippen LogP contribution in [-0.2, 0) is 13.0 Å². The Labute approximate surface area is 177 Å². The topological polar surface area (TPSA) is 74.0 Å². The molecule has 0 unspecified atom stereocenters. The van der Waals surface area contributed by atoms with E-state index in [9.17, 15) is 4.79 Å². The molecule has 2 heterocycles. The van der Waals surface area contributed by atoms with Gasteiger partial charge < -0.3 is 19.9 Å². The predicted octanol–water partition coefficient (Wildman–Crippen LogP) is 2.64. The summed E-state index contributed by atoms with van der Waals surface area (Å²) in [4.78, 5) is 22.9. The number of fused-ring (bicyclic) bond motifs is 1. The zero-order valence-electron chi connectivity index (χ0n) is 18.1. The van der Waals surface area contributed by atoms with Gasteiger partial charge in [0.25, 0.3) is 5.91 Å². The van der Waals surface area contributed by atoms with Crippen molar-refractivity contribution in [1.29, 1.82) is 0 Å². The predicted molar refractivity (Wildman–Crippen MR) is 121 cm³/mol. The van der Waals surface area contributed by atoms with Crippen LogP contribution in [0.2, 0.25) is 0 Å². The molecule has 30 heavy (non-hydrogen) atoms. The maximum atomic E-state index is 12.0. The molecule has 0 fully saturated rings. The summed E-state index contributed by atoms with van der Waals surface area (Å²) in [5, 5.41) is 6.64. The fourth-order valence-corrected chi connectivity index (χ4v) is 3.16. The molecule has 7 nitrogen and oxygen atoms in total. The van der Waals surface area contributed by atoms with Crippen molar-refractivity contribution in [2.75, 3.05) is 27.2 Å². The minimum absolute atomic E-state index is 0.00203. The number of rotatable bonds is 7. The van der Waals surface area contributed by atoms with Gasteiger partial charge in [0.1, 0.15) is 5.65 Å². The number of pyridine rings is 1. The van der Waals surface area contributed by atoms with Crippen LogP contribution >= 0.6 is 0 Å². The van der Waals surface area contributed by atoms with Crippen molar-refractivity contribution in [3.05, 3.63) is 71.2 Å². The van der Waals surface area contributed by atoms with E-state index in [0.717, 1.165) is 42.4 Å². The summed E-state index contributed by atoms with van der Waals surface area (Å²) in [7, 11) is 3.50. The zero-order valence-corrected chi connectivity index (χ0v) is 18.1. The molecule has 0 aliphatic rings. The Morgan fingerprint density at radius 1 is 1.17 bits per heavy atom. The molecule has 0 spiro atoms. The first-order chi connectivity index (χ1) is 14.5. The molecule has 2 N–H and O–H groups in total. The van der Waals surface area contributed by atoms with Gasteiger partial charge in [-0.25, -0.2) is 9.98 Å². The lowest BCUT2D eigenvalue weighted by molar-refractivity contribution is 0.0827. The monoisotopic (exact) mass is 406 g/mol. The first kappa shape index (κ1) is 21.4. The van der Waals surface area contributed by atoms with Crippen molar-refractivity contribution >= 4 is 17.5 Å². The van der Waals surface area contributed by atoms with Crippen molar-refractivity contribution in [3.63, 3.8) is 0 Å². The minimum Gasteiger partial charge on any atom is -0.357 e. The van der Waals surface area contributed by atoms with Crippen LogP contribution in [0.1, 0.15) is 34.1 Å². The molecule has 3 rings (SSSR count). The van der Waals surface area contributed by atoms with Crippen molar-refractivity contribution < 1.29 is 4.79 Å². The van der Waals surface area contributed by atoms with E-state index in [1.165, 1.54) is 5.56 Å². The number of guanidine groups is 1. The van der Waals surface area contributed by atoms with Gasteiger partial charge in [-0.2, -0.15) is 0 Å². The number of hydrogen-bond acceptors (Lipinski definition) is 3. The number of imidazole rings is 1. The number of hydrogen-bond donors (Lipinski definition) is 2. The number of aliphatic imine (C=N–C) groups is 1. The highest BCUT2D eigenvalue weighted by Crippen LogP contribution is 2.10. The maximum absolute atomic E-state index is 12.0. The van der Waals surface area contributed by atoms with Gasteiger partial charge >= 0.3 is 0 Å². The Balaban J connectivity index is 1.57. The molecule has 1 amide bonds. The number of benzene rings is 1. The number of carbonyl (C=O) groups excluding carboxylic acids is 1. The van der Waals surface area contributed by atoms with E-state index >= 15 is 0 Å². The Morgan fingerprint density at radius 3 is 2.60 bits per heavy atom. The van der Waals surface area contributed by atoms with Crippen LogP contribution in [0.5, 0.6) is 0 Å². The maximum Gasteiger partial charge on any atom is 0.253 e. The summed E-state index contributed by atoms with van der Waals surface area (Å²) in [6.07, 6.45) is 4.91. The van der Waals surface area contributed by atoms with Gasteiger partial charge in [-0.1, -0.05) is 18.2 Å². The summed E-state index contributed by atoms with van der Waals surface area (Å²) in [6.45, 7) is 6.19. The van der Waals surface area contributed by atoms with Crippen LogP contribution in [0.15, 0.2) is 53.8 Å². The number of nitrogens with one attached hydrogen (secondary N) is 2. The molecule has 7 heteroatoms. The average molecular weight is 407 g/mol. The van der Waals surface area contributed by atoms with E-state index in [0.29, 0.717) is 12.1 Å². The largest absolute Gasteiger partial charge is 0.357 e. The third kappa shape index (κ3) is 5.37. The van der Waals surface area contributed by atoms with Gasteiger partial charge in [0.15, 0.2) is 5.96 Å². The van der Waals surface area contributed by atoms with Gasteiger partial charge in [-0.3, -0.25) is 4.79 Å². The van der Waals surface area contributed by atoms with Gasteiger partial charge in [0, 0.05) is 51.6 Å². The zero-order chi connectivity index (χ0) is 21.5. The Morgan fingerprint density at radius 2 is 1.93 bits per heavy atom. The van der Waals surface area contributed by atoms with E-state index in [2.05, 4.69) is 39.2 Å². The number of amides is 1. The molecule has 2 aromatic heterocycles. The molecule has 0 aliphatic carbocycles. The number of carbonyl (C=O) groups is 1. The fraction of sp³-hybridized carbons (Fsp3) is 0.348. The third-order valence-electron chi connectivity index (χ3n) is 4.77. The van der Waals surface area contributed by atoms with Crippen LogP contribution < -0.4 is 10.6 Å². The Hall–Kier alpha value is -3.35. The van der Waals surface area contributed by atoms with Crippen molar-refractivity contribution in [1.82, 2.24) is 24.9 Å². The van der Waals surface area contributed by atoms with E-state index in [1.807, 2.05) is 43.5 Å². The van der Waals surface area contributed by atoms with Crippen LogP contribution in [0, 0.1) is 6.92 Å². The van der Waals surface area contributed by atoms with Crippen LogP contribution in [-0.4, -0.2) is 53.3 Å². The van der Waals surface area contributed by atoms with E-state index in [1.54, 1.807) is 19.0 Å². The average Bonchev–Trinajstić information content (AvgIpc) is 3.16. The second-order valence-corrected chi connectivity index (χ2v) is 7.42. The van der Waals surface area contributed by atoms with Crippen LogP contribution in [0.3, 0.4) is 0 Å². The highest BCUT2D eigenvalue weighted by molar-refractivity contribution is 5.93. The number of nitrogens with zero attached hydrogens (tertiary/aromatic N) is 4. The SMILES string of the molecule is CCNC(=NCc1ccc(C(=O)N(C)C)cc1)NCCc1cn2cccc(C)c2n1. The fourth-order valence-electron chi connectivity index (χ4n) is 3.16. The smallest absolute Gasteiger partial charge is 0.253 e. The lowest BCUT2D eigenvalue weighted by Crippen LogP contribution is -2.38. The van der Waals surface area contributed by atoms with E-state index in [4.69, 9.17) is 4.98 Å². The second-order valence-electron chi connectivity index (χ2n) is 7.42. The van der Waals surface area contributed by atoms with Crippen molar-refractivity contribution in [2.45, 2.75) is 26.8 Å². The van der Waals surface area contributed by atoms with Gasteiger partial charge in [0.05, 0.1) is 12.2 Å². The summed E-state index contributed by atoms with van der Waals surface area (Å²) in [6, 6.07) is 11.7. The molecule has 0 saturated carbocycles. The quantitative estimate of drug-likeness (QED) is 0.467. The number of aryl methyl sites for hydroxylation is 1. The van der Waals surface area contributed by atoms with Crippen LogP contribution in [0.4, 0.5) is 0 Å². The normalized spacial score (nSPS) is 11.5. The molecule has 0 atom stereocenters. The lowest BCUT2D eigenvalue weighted by Gasteiger charge is -2.11. The molecule has 1 aromatic carbocycles. The van der Waals surface area contributed by atoms with Gasteiger partial charge in [-0.15, -0.1) is 0 Å². The highest BCUT2D eigenvalue weighted by Gasteiger charge is 2.07. The van der Waals surface area contributed by atoms with Gasteiger partial charge in [0.2, 0.25) is 0 Å². The standard InChI is InChI=1S/C23H30N6O/c1-5-24-23(26-15-18-8-10-19(11-9-18)22(30)28(3)4)25-13-12-20-16-29-14-6-7-17(2)21(29)27-20/h6-11,14,16H,5,12-13,15H2,1-4H3,(H2,24,25,26). The molecule has 158 valence electrons. The van der Waals surface area contributed by atoms with Gasteiger partial charge in [-0.05, 0) is 43.2 Å². The first-order valence-corrected chi connectivity index (χ1v) is 10.2. The van der Waals surface area contributed by atoms with Crippen LogP contribution in [0.25, 0.3) is 5.65 Å². The molecule has 0 radical (unpaired) electrons. The molecular formula is C23H30N6O. The molecule has 0 bridgehead atoms. The molecule has 0 aliphatic heterocycles. The third-order valence-corrected chi connectivity index (χ3v) is 4.77. The molecule has 0 saturated heterocycles. The molecule has 3 aromatic rings. The summed E-state index contributed by atoms with van der Waals surface area (Å²) in [5.74, 6) is 0.771. The van der Waals surface area contributed by atoms with E-state index < -0.39 is 0 Å². The number of aromatic nitrogens is 2. The molecular weight excluding hydrogens is 376 g/mol. The summed E-state index contributed by atoms with van der Waals surface area (Å²) < 4.78 is 2.06. The summed E-state index contributed by atoms with van der Waals surface area (Å²) in [5.41, 5.74) is 4.96. The van der Waals surface area contributed by atoms with Crippen molar-refractivity contribution in [2.24, 2.45) is 4.99 Å². The minimum atomic E-state index is 0.00203. The van der Waals surface area contributed by atoms with E-state index in [-0.39, 0.29) is 5.91 Å². The lowest BCUT2D eigenvalue weighted by atomic mass is 10.1. The Kier molecular flexibility index (Phi) is 7.06.